The average Bonchev–Trinajstić information content (AvgIpc) is 2.75. The third-order valence-corrected chi connectivity index (χ3v) is 4.90. The number of carbonyl (C=O) groups excluding carboxylic acids is 1. The molecule has 1 fully saturated rings. The number of rotatable bonds is 8. The Bertz CT molecular complexity index is 818. The number of nitrogens with one attached hydrogen (secondary N) is 1. The molecule has 29 heavy (non-hydrogen) atoms. The lowest BCUT2D eigenvalue weighted by Gasteiger charge is -2.36. The van der Waals surface area contributed by atoms with Gasteiger partial charge in [0.05, 0.1) is 7.11 Å². The van der Waals surface area contributed by atoms with Crippen molar-refractivity contribution in [2.75, 3.05) is 49.5 Å². The SMILES string of the molecule is COOSNc1ccc(OCC(=O)N2CCN(c3ccc(F)c(F)c3)CC2)cc1. The number of anilines is 2. The second-order valence-corrected chi connectivity index (χ2v) is 6.71. The number of benzene rings is 2. The van der Waals surface area contributed by atoms with E-state index in [4.69, 9.17) is 4.74 Å². The summed E-state index contributed by atoms with van der Waals surface area (Å²) in [5, 5.41) is 0. The predicted molar refractivity (Wildman–Crippen MR) is 106 cm³/mol. The zero-order valence-corrected chi connectivity index (χ0v) is 16.6. The monoisotopic (exact) mass is 425 g/mol. The fourth-order valence-corrected chi connectivity index (χ4v) is 3.18. The Balaban J connectivity index is 1.43. The fraction of sp³-hybridized carbons (Fsp3) is 0.316. The first kappa shape index (κ1) is 21.2. The van der Waals surface area contributed by atoms with Crippen molar-refractivity contribution in [3.05, 3.63) is 54.1 Å². The van der Waals surface area contributed by atoms with Crippen LogP contribution in [0.4, 0.5) is 20.2 Å². The highest BCUT2D eigenvalue weighted by Gasteiger charge is 2.22. The van der Waals surface area contributed by atoms with E-state index in [1.807, 2.05) is 4.90 Å². The van der Waals surface area contributed by atoms with Gasteiger partial charge in [-0.05, 0) is 36.4 Å². The van der Waals surface area contributed by atoms with E-state index in [-0.39, 0.29) is 12.5 Å². The molecule has 1 N–H and O–H groups in total. The van der Waals surface area contributed by atoms with Gasteiger partial charge in [0.25, 0.3) is 5.91 Å². The van der Waals surface area contributed by atoms with Crippen LogP contribution in [-0.4, -0.2) is 50.7 Å². The van der Waals surface area contributed by atoms with Gasteiger partial charge in [-0.3, -0.25) is 4.79 Å². The van der Waals surface area contributed by atoms with Crippen molar-refractivity contribution >= 4 is 29.5 Å². The Kier molecular flexibility index (Phi) is 7.50. The van der Waals surface area contributed by atoms with Gasteiger partial charge in [0.2, 0.25) is 0 Å². The molecule has 0 bridgehead atoms. The van der Waals surface area contributed by atoms with Crippen LogP contribution in [0.25, 0.3) is 0 Å². The summed E-state index contributed by atoms with van der Waals surface area (Å²) in [6.45, 7) is 1.98. The molecule has 3 rings (SSSR count). The zero-order chi connectivity index (χ0) is 20.6. The molecule has 0 aromatic heterocycles. The number of nitrogens with zero attached hydrogens (tertiary/aromatic N) is 2. The van der Waals surface area contributed by atoms with Crippen molar-refractivity contribution in [3.63, 3.8) is 0 Å². The molecule has 2 aromatic rings. The zero-order valence-electron chi connectivity index (χ0n) is 15.8. The van der Waals surface area contributed by atoms with Gasteiger partial charge in [0.1, 0.15) is 18.0 Å². The van der Waals surface area contributed by atoms with Crippen LogP contribution in [0.5, 0.6) is 5.75 Å². The first-order valence-corrected chi connectivity index (χ1v) is 9.64. The quantitative estimate of drug-likeness (QED) is 0.229. The van der Waals surface area contributed by atoms with Gasteiger partial charge in [-0.25, -0.2) is 13.7 Å². The van der Waals surface area contributed by atoms with Gasteiger partial charge >= 0.3 is 0 Å². The van der Waals surface area contributed by atoms with Crippen molar-refractivity contribution < 1.29 is 27.5 Å². The number of piperazine rings is 1. The van der Waals surface area contributed by atoms with Gasteiger partial charge in [0, 0.05) is 43.6 Å². The van der Waals surface area contributed by atoms with Gasteiger partial charge < -0.3 is 19.3 Å². The summed E-state index contributed by atoms with van der Waals surface area (Å²) in [5.41, 5.74) is 1.40. The van der Waals surface area contributed by atoms with E-state index in [2.05, 4.69) is 13.9 Å². The van der Waals surface area contributed by atoms with Gasteiger partial charge in [-0.1, -0.05) is 0 Å². The topological polar surface area (TPSA) is 63.3 Å². The molecule has 0 aliphatic carbocycles. The van der Waals surface area contributed by atoms with E-state index in [0.717, 1.165) is 24.0 Å². The molecule has 0 saturated carbocycles. The molecule has 1 amide bonds. The first-order chi connectivity index (χ1) is 14.1. The van der Waals surface area contributed by atoms with E-state index in [1.165, 1.54) is 19.2 Å². The summed E-state index contributed by atoms with van der Waals surface area (Å²) < 4.78 is 39.6. The maximum atomic E-state index is 13.4. The highest BCUT2D eigenvalue weighted by molar-refractivity contribution is 7.95. The van der Waals surface area contributed by atoms with Crippen LogP contribution in [0.1, 0.15) is 0 Å². The maximum absolute atomic E-state index is 13.4. The number of hydrogen-bond donors (Lipinski definition) is 1. The first-order valence-electron chi connectivity index (χ1n) is 8.90. The number of hydrogen-bond acceptors (Lipinski definition) is 7. The van der Waals surface area contributed by atoms with E-state index >= 15 is 0 Å². The van der Waals surface area contributed by atoms with Crippen LogP contribution in [-0.2, 0) is 14.0 Å². The predicted octanol–water partition coefficient (Wildman–Crippen LogP) is 3.25. The molecule has 156 valence electrons. The number of carbonyl (C=O) groups is 1. The molecule has 0 radical (unpaired) electrons. The minimum Gasteiger partial charge on any atom is -0.484 e. The van der Waals surface area contributed by atoms with Crippen molar-refractivity contribution in [3.8, 4) is 5.75 Å². The van der Waals surface area contributed by atoms with Crippen molar-refractivity contribution in [2.45, 2.75) is 0 Å². The Morgan fingerprint density at radius 1 is 1.07 bits per heavy atom. The molecular formula is C19H21F2N3O4S. The highest BCUT2D eigenvalue weighted by atomic mass is 32.2. The molecule has 0 spiro atoms. The molecule has 10 heteroatoms. The summed E-state index contributed by atoms with van der Waals surface area (Å²) in [5.74, 6) is -1.30. The third-order valence-electron chi connectivity index (χ3n) is 4.38. The highest BCUT2D eigenvalue weighted by Crippen LogP contribution is 2.21. The molecule has 2 aromatic carbocycles. The largest absolute Gasteiger partial charge is 0.484 e. The van der Waals surface area contributed by atoms with Gasteiger partial charge in [-0.15, -0.1) is 4.33 Å². The van der Waals surface area contributed by atoms with Gasteiger partial charge in [-0.2, -0.15) is 0 Å². The van der Waals surface area contributed by atoms with Crippen LogP contribution in [0.3, 0.4) is 0 Å². The van der Waals surface area contributed by atoms with Crippen molar-refractivity contribution in [1.29, 1.82) is 0 Å². The molecule has 1 heterocycles. The van der Waals surface area contributed by atoms with Gasteiger partial charge in [0.15, 0.2) is 18.2 Å². The summed E-state index contributed by atoms with van der Waals surface area (Å²) in [7, 11) is 1.41. The van der Waals surface area contributed by atoms with Crippen LogP contribution >= 0.6 is 12.2 Å². The Morgan fingerprint density at radius 3 is 2.45 bits per heavy atom. The summed E-state index contributed by atoms with van der Waals surface area (Å²) in [4.78, 5) is 20.5. The van der Waals surface area contributed by atoms with Crippen molar-refractivity contribution in [2.24, 2.45) is 0 Å². The van der Waals surface area contributed by atoms with Crippen molar-refractivity contribution in [1.82, 2.24) is 4.90 Å². The second-order valence-electron chi connectivity index (χ2n) is 6.20. The molecule has 7 nitrogen and oxygen atoms in total. The van der Waals surface area contributed by atoms with Crippen LogP contribution in [0.2, 0.25) is 0 Å². The Labute approximate surface area is 171 Å². The van der Waals surface area contributed by atoms with Crippen LogP contribution in [0, 0.1) is 11.6 Å². The van der Waals surface area contributed by atoms with E-state index in [0.29, 0.717) is 37.6 Å². The summed E-state index contributed by atoms with van der Waals surface area (Å²) in [6.07, 6.45) is 0. The number of amides is 1. The fourth-order valence-electron chi connectivity index (χ4n) is 2.85. The molecule has 1 aliphatic rings. The molecule has 0 atom stereocenters. The Hall–Kier alpha value is -2.56. The molecular weight excluding hydrogens is 404 g/mol. The van der Waals surface area contributed by atoms with Crippen LogP contribution in [0.15, 0.2) is 42.5 Å². The standard InChI is InChI=1S/C19H21F2N3O4S/c1-26-28-29-22-14-2-5-16(6-3-14)27-13-19(25)24-10-8-23(9-11-24)15-4-7-17(20)18(21)12-15/h2-7,12,22H,8-11,13H2,1H3. The lowest BCUT2D eigenvalue weighted by molar-refractivity contribution is -0.159. The van der Waals surface area contributed by atoms with E-state index in [1.54, 1.807) is 29.2 Å². The average molecular weight is 425 g/mol. The van der Waals surface area contributed by atoms with E-state index < -0.39 is 11.6 Å². The number of ether oxygens (including phenoxy) is 1. The molecule has 1 aliphatic heterocycles. The minimum atomic E-state index is -0.875. The summed E-state index contributed by atoms with van der Waals surface area (Å²) >= 11 is 0.932. The minimum absolute atomic E-state index is 0.0700. The van der Waals surface area contributed by atoms with Crippen LogP contribution < -0.4 is 14.4 Å². The Morgan fingerprint density at radius 2 is 1.79 bits per heavy atom. The number of halogens is 2. The smallest absolute Gasteiger partial charge is 0.260 e. The second kappa shape index (κ2) is 10.3. The maximum Gasteiger partial charge on any atom is 0.260 e. The molecule has 1 saturated heterocycles. The lowest BCUT2D eigenvalue weighted by Crippen LogP contribution is -2.50. The van der Waals surface area contributed by atoms with E-state index in [9.17, 15) is 13.6 Å². The molecule has 0 unspecified atom stereocenters. The lowest BCUT2D eigenvalue weighted by atomic mass is 10.2. The summed E-state index contributed by atoms with van der Waals surface area (Å²) in [6, 6.07) is 10.9. The normalized spacial score (nSPS) is 14.0. The third kappa shape index (κ3) is 5.96.